The third-order valence-electron chi connectivity index (χ3n) is 7.48. The van der Waals surface area contributed by atoms with Gasteiger partial charge in [0.05, 0.1) is 28.4 Å². The lowest BCUT2D eigenvalue weighted by atomic mass is 9.85. The van der Waals surface area contributed by atoms with Gasteiger partial charge in [0.2, 0.25) is 0 Å². The quantitative estimate of drug-likeness (QED) is 0.318. The zero-order chi connectivity index (χ0) is 25.7. The molecule has 1 saturated carbocycles. The Morgan fingerprint density at radius 3 is 2.81 bits per heavy atom. The van der Waals surface area contributed by atoms with Crippen LogP contribution < -0.4 is 10.9 Å². The second kappa shape index (κ2) is 9.21. The molecule has 3 aromatic rings. The number of benzene rings is 1. The second-order valence-corrected chi connectivity index (χ2v) is 12.2. The molecule has 36 heavy (non-hydrogen) atoms. The molecular formula is C25H32N6O4S. The molecule has 5 N–H and O–H groups in total. The molecule has 2 atom stereocenters. The van der Waals surface area contributed by atoms with Crippen molar-refractivity contribution in [1.82, 2.24) is 19.1 Å². The van der Waals surface area contributed by atoms with Crippen LogP contribution in [0.4, 0.5) is 11.5 Å². The Kier molecular flexibility index (Phi) is 6.34. The Morgan fingerprint density at radius 1 is 1.28 bits per heavy atom. The highest BCUT2D eigenvalue weighted by Gasteiger charge is 2.43. The maximum Gasteiger partial charge on any atom is 0.261 e. The van der Waals surface area contributed by atoms with E-state index in [1.807, 2.05) is 30.7 Å². The first-order valence-electron chi connectivity index (χ1n) is 12.2. The molecule has 0 saturated heterocycles. The first kappa shape index (κ1) is 24.8. The summed E-state index contributed by atoms with van der Waals surface area (Å²) in [6, 6.07) is 9.42. The average Bonchev–Trinajstić information content (AvgIpc) is 3.34. The Hall–Kier alpha value is -2.88. The summed E-state index contributed by atoms with van der Waals surface area (Å²) in [7, 11) is -3.19. The molecule has 0 amide bonds. The van der Waals surface area contributed by atoms with E-state index < -0.39 is 16.3 Å². The number of aliphatic hydroxyl groups excluding tert-OH is 1. The summed E-state index contributed by atoms with van der Waals surface area (Å²) in [4.78, 5) is 16.0. The van der Waals surface area contributed by atoms with Crippen molar-refractivity contribution < 1.29 is 14.2 Å². The van der Waals surface area contributed by atoms with Gasteiger partial charge in [-0.05, 0) is 62.9 Å². The van der Waals surface area contributed by atoms with Gasteiger partial charge in [0, 0.05) is 30.6 Å². The molecule has 1 aliphatic heterocycles. The first-order valence-corrected chi connectivity index (χ1v) is 13.7. The van der Waals surface area contributed by atoms with Crippen molar-refractivity contribution in [2.45, 2.75) is 69.0 Å². The van der Waals surface area contributed by atoms with Crippen LogP contribution in [0.25, 0.3) is 10.9 Å². The van der Waals surface area contributed by atoms with Crippen LogP contribution in [-0.4, -0.2) is 45.4 Å². The van der Waals surface area contributed by atoms with Crippen LogP contribution in [0.1, 0.15) is 57.6 Å². The SMILES string of the molecule is CC(C)(CCO)N1Cc2cc(Nc3nn([C@H]4CCCC[C@@H]4C#N)c4cc[nH]c(=O)c34)ccc2S1(O)O. The highest BCUT2D eigenvalue weighted by molar-refractivity contribution is 8.22. The third-order valence-corrected chi connectivity index (χ3v) is 9.70. The summed E-state index contributed by atoms with van der Waals surface area (Å²) in [5, 5.41) is 27.6. The van der Waals surface area contributed by atoms with E-state index in [0.717, 1.165) is 31.2 Å². The minimum Gasteiger partial charge on any atom is -0.396 e. The molecule has 1 fully saturated rings. The Labute approximate surface area is 211 Å². The number of anilines is 2. The highest BCUT2D eigenvalue weighted by atomic mass is 32.3. The van der Waals surface area contributed by atoms with Gasteiger partial charge < -0.3 is 15.4 Å². The second-order valence-electron chi connectivity index (χ2n) is 10.2. The van der Waals surface area contributed by atoms with Crippen LogP contribution in [0.5, 0.6) is 0 Å². The molecule has 3 heterocycles. The van der Waals surface area contributed by atoms with Crippen molar-refractivity contribution >= 4 is 33.2 Å². The standard InChI is InChI=1S/C25H32N6O4S/c1-25(2,10-12-32)30-15-17-13-18(7-8-21(17)36(30,34)35)28-23-22-20(9-11-27-24(22)33)31(29-23)19-6-4-3-5-16(19)14-26/h7-9,11,13,16,19,32,34-35H,3-6,10,12,15H2,1-2H3,(H,27,33)(H,28,29)/t16-,19+/m1/s1. The maximum absolute atomic E-state index is 12.8. The lowest BCUT2D eigenvalue weighted by molar-refractivity contribution is 0.154. The summed E-state index contributed by atoms with van der Waals surface area (Å²) in [6.45, 7) is 4.03. The van der Waals surface area contributed by atoms with Gasteiger partial charge in [-0.2, -0.15) is 14.7 Å². The summed E-state index contributed by atoms with van der Waals surface area (Å²) in [5.41, 5.74) is 1.24. The predicted octanol–water partition coefficient (Wildman–Crippen LogP) is 4.72. The Morgan fingerprint density at radius 2 is 2.06 bits per heavy atom. The van der Waals surface area contributed by atoms with Gasteiger partial charge in [0.15, 0.2) is 5.82 Å². The number of aromatic amines is 1. The van der Waals surface area contributed by atoms with E-state index in [2.05, 4.69) is 16.4 Å². The first-order chi connectivity index (χ1) is 17.2. The van der Waals surface area contributed by atoms with Crippen LogP contribution in [0.15, 0.2) is 40.2 Å². The van der Waals surface area contributed by atoms with Gasteiger partial charge in [0.1, 0.15) is 5.39 Å². The smallest absolute Gasteiger partial charge is 0.261 e. The fraction of sp³-hybridized carbons (Fsp3) is 0.480. The molecule has 0 spiro atoms. The van der Waals surface area contributed by atoms with Crippen molar-refractivity contribution in [2.24, 2.45) is 5.92 Å². The zero-order valence-corrected chi connectivity index (χ0v) is 21.3. The lowest BCUT2D eigenvalue weighted by Gasteiger charge is -2.46. The molecule has 1 aromatic carbocycles. The molecule has 10 nitrogen and oxygen atoms in total. The maximum atomic E-state index is 12.8. The van der Waals surface area contributed by atoms with Gasteiger partial charge in [-0.1, -0.05) is 12.8 Å². The molecule has 0 unspecified atom stereocenters. The fourth-order valence-electron chi connectivity index (χ4n) is 5.50. The average molecular weight is 513 g/mol. The van der Waals surface area contributed by atoms with E-state index >= 15 is 0 Å². The van der Waals surface area contributed by atoms with Gasteiger partial charge in [0.25, 0.3) is 5.56 Å². The van der Waals surface area contributed by atoms with Gasteiger partial charge in [-0.3, -0.25) is 18.6 Å². The van der Waals surface area contributed by atoms with E-state index in [0.29, 0.717) is 40.3 Å². The molecule has 5 rings (SSSR count). The van der Waals surface area contributed by atoms with E-state index in [-0.39, 0.29) is 24.1 Å². The van der Waals surface area contributed by atoms with Crippen LogP contribution >= 0.6 is 10.8 Å². The molecule has 192 valence electrons. The Bertz CT molecular complexity index is 1390. The summed E-state index contributed by atoms with van der Waals surface area (Å²) >= 11 is 0. The third kappa shape index (κ3) is 4.09. The number of nitrogens with one attached hydrogen (secondary N) is 2. The van der Waals surface area contributed by atoms with Gasteiger partial charge in [-0.25, -0.2) is 0 Å². The minimum absolute atomic E-state index is 0.0555. The van der Waals surface area contributed by atoms with Crippen LogP contribution in [-0.2, 0) is 6.54 Å². The van der Waals surface area contributed by atoms with Crippen molar-refractivity contribution in [1.29, 1.82) is 5.26 Å². The summed E-state index contributed by atoms with van der Waals surface area (Å²) < 4.78 is 25.5. The number of hydrogen-bond donors (Lipinski definition) is 5. The minimum atomic E-state index is -3.19. The van der Waals surface area contributed by atoms with E-state index in [4.69, 9.17) is 5.10 Å². The monoisotopic (exact) mass is 512 g/mol. The molecule has 2 aliphatic rings. The van der Waals surface area contributed by atoms with E-state index in [9.17, 15) is 24.3 Å². The predicted molar refractivity (Wildman–Crippen MR) is 139 cm³/mol. The van der Waals surface area contributed by atoms with Crippen molar-refractivity contribution in [3.8, 4) is 6.07 Å². The summed E-state index contributed by atoms with van der Waals surface area (Å²) in [6.07, 6.45) is 5.67. The number of hydrogen-bond acceptors (Lipinski definition) is 8. The number of H-pyrrole nitrogens is 1. The largest absolute Gasteiger partial charge is 0.396 e. The normalized spacial score (nSPS) is 22.8. The fourth-order valence-corrected chi connectivity index (χ4v) is 7.56. The number of rotatable bonds is 6. The Balaban J connectivity index is 1.51. The van der Waals surface area contributed by atoms with Crippen molar-refractivity contribution in [3.63, 3.8) is 0 Å². The molecule has 0 bridgehead atoms. The topological polar surface area (TPSA) is 150 Å². The van der Waals surface area contributed by atoms with Gasteiger partial charge >= 0.3 is 0 Å². The van der Waals surface area contributed by atoms with Crippen LogP contribution in [0.3, 0.4) is 0 Å². The number of fused-ring (bicyclic) bond motifs is 2. The molecule has 11 heteroatoms. The number of pyridine rings is 1. The molecule has 0 radical (unpaired) electrons. The van der Waals surface area contributed by atoms with E-state index in [1.54, 1.807) is 22.6 Å². The van der Waals surface area contributed by atoms with Crippen LogP contribution in [0, 0.1) is 17.2 Å². The zero-order valence-electron chi connectivity index (χ0n) is 20.4. The molecular weight excluding hydrogens is 480 g/mol. The van der Waals surface area contributed by atoms with Crippen LogP contribution in [0.2, 0.25) is 0 Å². The van der Waals surface area contributed by atoms with Crippen molar-refractivity contribution in [3.05, 3.63) is 46.4 Å². The van der Waals surface area contributed by atoms with E-state index in [1.165, 1.54) is 0 Å². The number of aliphatic hydroxyl groups is 1. The summed E-state index contributed by atoms with van der Waals surface area (Å²) in [5.74, 6) is 0.239. The molecule has 1 aliphatic carbocycles. The van der Waals surface area contributed by atoms with Gasteiger partial charge in [-0.15, -0.1) is 10.8 Å². The number of nitrogens with zero attached hydrogens (tertiary/aromatic N) is 4. The number of nitriles is 1. The van der Waals surface area contributed by atoms with Crippen molar-refractivity contribution in [2.75, 3.05) is 11.9 Å². The lowest BCUT2D eigenvalue weighted by Crippen LogP contribution is -2.42. The molecule has 2 aromatic heterocycles. The highest BCUT2D eigenvalue weighted by Crippen LogP contribution is 2.62. The number of aromatic nitrogens is 3.